The second-order valence-electron chi connectivity index (χ2n) is 17.1. The van der Waals surface area contributed by atoms with Crippen molar-refractivity contribution in [3.63, 3.8) is 0 Å². The van der Waals surface area contributed by atoms with E-state index in [9.17, 15) is 21.0 Å². The summed E-state index contributed by atoms with van der Waals surface area (Å²) in [7, 11) is 0. The summed E-state index contributed by atoms with van der Waals surface area (Å²) in [6.45, 7) is 0. The Morgan fingerprint density at radius 3 is 1.19 bits per heavy atom. The van der Waals surface area contributed by atoms with E-state index in [1.807, 2.05) is 91.0 Å². The van der Waals surface area contributed by atoms with Gasteiger partial charge in [-0.25, -0.2) is 9.97 Å². The lowest BCUT2D eigenvalue weighted by atomic mass is 9.97. The normalized spacial score (nSPS) is 11.1. The number of nitrogens with zero attached hydrogens (tertiary/aromatic N) is 8. The van der Waals surface area contributed by atoms with Crippen molar-refractivity contribution >= 4 is 43.6 Å². The van der Waals surface area contributed by atoms with Gasteiger partial charge in [-0.2, -0.15) is 21.0 Å². The fraction of sp³-hybridized carbons (Fsp3) is 0. The van der Waals surface area contributed by atoms with Gasteiger partial charge in [-0.05, 0) is 107 Å². The summed E-state index contributed by atoms with van der Waals surface area (Å²) >= 11 is 0. The minimum Gasteiger partial charge on any atom is -0.309 e. The van der Waals surface area contributed by atoms with Gasteiger partial charge in [0.25, 0.3) is 0 Å². The van der Waals surface area contributed by atoms with Crippen LogP contribution in [0.5, 0.6) is 0 Å². The molecular weight excluding hydrogens is 857 g/mol. The Balaban J connectivity index is 1.14. The summed E-state index contributed by atoms with van der Waals surface area (Å²) in [5.74, 6) is 0.559. The largest absolute Gasteiger partial charge is 0.309 e. The second kappa shape index (κ2) is 16.8. The van der Waals surface area contributed by atoms with Crippen molar-refractivity contribution in [3.05, 3.63) is 229 Å². The molecule has 0 amide bonds. The Kier molecular flexibility index (Phi) is 9.86. The van der Waals surface area contributed by atoms with Crippen molar-refractivity contribution in [2.75, 3.05) is 0 Å². The lowest BCUT2D eigenvalue weighted by Gasteiger charge is -2.16. The molecule has 0 radical (unpaired) electrons. The molecule has 12 aromatic rings. The van der Waals surface area contributed by atoms with E-state index >= 15 is 0 Å². The van der Waals surface area contributed by atoms with Gasteiger partial charge in [0, 0.05) is 49.6 Å². The van der Waals surface area contributed by atoms with Crippen molar-refractivity contribution < 1.29 is 0 Å². The van der Waals surface area contributed by atoms with Gasteiger partial charge in [-0.3, -0.25) is 0 Å². The smallest absolute Gasteiger partial charge is 0.160 e. The topological polar surface area (TPSA) is 131 Å². The Labute approximate surface area is 402 Å². The van der Waals surface area contributed by atoms with Gasteiger partial charge in [-0.15, -0.1) is 0 Å². The van der Waals surface area contributed by atoms with Crippen molar-refractivity contribution in [1.29, 1.82) is 21.0 Å². The maximum atomic E-state index is 10.2. The van der Waals surface area contributed by atoms with Gasteiger partial charge in [0.05, 0.1) is 80.0 Å². The number of fused-ring (bicyclic) bond motifs is 6. The third-order valence-electron chi connectivity index (χ3n) is 13.0. The van der Waals surface area contributed by atoms with Gasteiger partial charge < -0.3 is 9.13 Å². The first kappa shape index (κ1) is 41.1. The summed E-state index contributed by atoms with van der Waals surface area (Å²) in [4.78, 5) is 10.6. The number of nitriles is 4. The van der Waals surface area contributed by atoms with Gasteiger partial charge >= 0.3 is 0 Å². The lowest BCUT2D eigenvalue weighted by molar-refractivity contribution is 1.12. The predicted molar refractivity (Wildman–Crippen MR) is 277 cm³/mol. The highest BCUT2D eigenvalue weighted by atomic mass is 15.0. The molecule has 0 aliphatic carbocycles. The molecule has 0 saturated heterocycles. The minimum absolute atomic E-state index is 0.436. The summed E-state index contributed by atoms with van der Waals surface area (Å²) in [6, 6.07) is 77.6. The Hall–Kier alpha value is -10.4. The highest BCUT2D eigenvalue weighted by Crippen LogP contribution is 2.41. The molecule has 0 atom stereocenters. The van der Waals surface area contributed by atoms with Gasteiger partial charge in [0.2, 0.25) is 0 Å². The summed E-state index contributed by atoms with van der Waals surface area (Å²) < 4.78 is 4.57. The van der Waals surface area contributed by atoms with Crippen LogP contribution in [0.15, 0.2) is 206 Å². The first-order valence-corrected chi connectivity index (χ1v) is 22.6. The summed E-state index contributed by atoms with van der Waals surface area (Å²) in [5.41, 5.74) is 15.0. The third kappa shape index (κ3) is 6.90. The molecule has 0 spiro atoms. The van der Waals surface area contributed by atoms with Crippen LogP contribution >= 0.6 is 0 Å². The third-order valence-corrected chi connectivity index (χ3v) is 13.0. The Bertz CT molecular complexity index is 4020. The minimum atomic E-state index is 0.436. The molecule has 0 aliphatic heterocycles. The second-order valence-corrected chi connectivity index (χ2v) is 17.1. The fourth-order valence-corrected chi connectivity index (χ4v) is 9.83. The number of hydrogen-bond donors (Lipinski definition) is 0. The first-order chi connectivity index (χ1) is 34.5. The molecule has 0 aliphatic rings. The van der Waals surface area contributed by atoms with Crippen LogP contribution in [0.1, 0.15) is 22.3 Å². The molecular formula is C62H34N8. The van der Waals surface area contributed by atoms with Gasteiger partial charge in [-0.1, -0.05) is 121 Å². The zero-order valence-corrected chi connectivity index (χ0v) is 37.2. The molecule has 0 bridgehead atoms. The maximum Gasteiger partial charge on any atom is 0.160 e. The van der Waals surface area contributed by atoms with Crippen LogP contribution in [0.2, 0.25) is 0 Å². The van der Waals surface area contributed by atoms with Crippen LogP contribution in [0.25, 0.3) is 111 Å². The van der Waals surface area contributed by atoms with Crippen molar-refractivity contribution in [3.8, 4) is 91.8 Å². The molecule has 8 nitrogen and oxygen atoms in total. The monoisotopic (exact) mass is 890 g/mol. The molecule has 0 fully saturated rings. The van der Waals surface area contributed by atoms with Crippen molar-refractivity contribution in [2.45, 2.75) is 0 Å². The van der Waals surface area contributed by atoms with Crippen LogP contribution in [0.3, 0.4) is 0 Å². The number of para-hydroxylation sites is 2. The van der Waals surface area contributed by atoms with E-state index in [0.29, 0.717) is 28.1 Å². The molecule has 3 aromatic heterocycles. The zero-order chi connectivity index (χ0) is 47.3. The quantitative estimate of drug-likeness (QED) is 0.157. The van der Waals surface area contributed by atoms with Crippen LogP contribution in [0.4, 0.5) is 0 Å². The van der Waals surface area contributed by atoms with E-state index < -0.39 is 0 Å². The molecule has 12 rings (SSSR count). The standard InChI is InChI=1S/C62H34N8/c63-35-39-19-23-50(46(27-39)37-65)43-21-25-60-54(31-43)52-15-7-9-17-58(52)69(60)48-29-45(62-67-56(41-11-3-1-4-12-41)34-57(68-62)42-13-5-2-6-14-42)30-49(33-48)70-59-18-10-8-16-53(59)55-32-44(22-26-61(55)70)51-24-20-40(36-64)28-47(51)38-66/h1-34H. The van der Waals surface area contributed by atoms with E-state index in [1.165, 1.54) is 0 Å². The van der Waals surface area contributed by atoms with Crippen molar-refractivity contribution in [1.82, 2.24) is 19.1 Å². The van der Waals surface area contributed by atoms with Crippen LogP contribution in [-0.2, 0) is 0 Å². The number of rotatable bonds is 7. The maximum absolute atomic E-state index is 10.2. The molecule has 0 N–H and O–H groups in total. The molecule has 70 heavy (non-hydrogen) atoms. The van der Waals surface area contributed by atoms with Crippen LogP contribution < -0.4 is 0 Å². The zero-order valence-electron chi connectivity index (χ0n) is 37.2. The highest BCUT2D eigenvalue weighted by molar-refractivity contribution is 6.12. The molecule has 0 saturated carbocycles. The Morgan fingerprint density at radius 2 is 0.743 bits per heavy atom. The molecule has 3 heterocycles. The molecule has 322 valence electrons. The average Bonchev–Trinajstić information content (AvgIpc) is 3.95. The number of hydrogen-bond acceptors (Lipinski definition) is 6. The lowest BCUT2D eigenvalue weighted by Crippen LogP contribution is -2.02. The van der Waals surface area contributed by atoms with E-state index in [0.717, 1.165) is 105 Å². The average molecular weight is 891 g/mol. The predicted octanol–water partition coefficient (Wildman–Crippen LogP) is 14.5. The first-order valence-electron chi connectivity index (χ1n) is 22.6. The molecule has 0 unspecified atom stereocenters. The van der Waals surface area contributed by atoms with Crippen molar-refractivity contribution in [2.24, 2.45) is 0 Å². The summed E-state index contributed by atoms with van der Waals surface area (Å²) in [5, 5.41) is 43.6. The van der Waals surface area contributed by atoms with Crippen LogP contribution in [0, 0.1) is 45.3 Å². The van der Waals surface area contributed by atoms with Crippen LogP contribution in [-0.4, -0.2) is 19.1 Å². The van der Waals surface area contributed by atoms with E-state index in [1.54, 1.807) is 24.3 Å². The van der Waals surface area contributed by atoms with Gasteiger partial charge in [0.15, 0.2) is 5.82 Å². The SMILES string of the molecule is N#Cc1ccc(-c2ccc3c(c2)c2ccccc2n3-c2cc(-c3nc(-c4ccccc4)cc(-c4ccccc4)n3)cc(-n3c4ccccc4c4cc(-c5ccc(C#N)cc5C#N)ccc43)c2)c(C#N)c1. The fourth-order valence-electron chi connectivity index (χ4n) is 9.83. The molecule has 9 aromatic carbocycles. The summed E-state index contributed by atoms with van der Waals surface area (Å²) in [6.07, 6.45) is 0. The van der Waals surface area contributed by atoms with Gasteiger partial charge in [0.1, 0.15) is 0 Å². The van der Waals surface area contributed by atoms with E-state index in [4.69, 9.17) is 9.97 Å². The van der Waals surface area contributed by atoms with E-state index in [2.05, 4.69) is 124 Å². The molecule has 8 heteroatoms. The highest BCUT2D eigenvalue weighted by Gasteiger charge is 2.21. The number of benzene rings is 9. The van der Waals surface area contributed by atoms with E-state index in [-0.39, 0.29) is 0 Å². The number of aromatic nitrogens is 4. The Morgan fingerprint density at radius 1 is 0.314 bits per heavy atom.